The molecule has 0 aromatic heterocycles. The molecule has 0 radical (unpaired) electrons. The van der Waals surface area contributed by atoms with Gasteiger partial charge in [0.1, 0.15) is 5.75 Å². The maximum absolute atomic E-state index is 12.9. The third-order valence-electron chi connectivity index (χ3n) is 3.74. The van der Waals surface area contributed by atoms with Gasteiger partial charge in [0.25, 0.3) is 0 Å². The number of fused-ring (bicyclic) bond motifs is 3. The van der Waals surface area contributed by atoms with Gasteiger partial charge in [0, 0.05) is 20.9 Å². The fraction of sp³-hybridized carbons (Fsp3) is 0.200. The Bertz CT molecular complexity index is 776. The van der Waals surface area contributed by atoms with Gasteiger partial charge in [-0.1, -0.05) is 23.0 Å². The summed E-state index contributed by atoms with van der Waals surface area (Å²) in [6.45, 7) is 1.48. The van der Waals surface area contributed by atoms with Gasteiger partial charge < -0.3 is 5.11 Å². The van der Waals surface area contributed by atoms with Crippen molar-refractivity contribution in [1.82, 2.24) is 0 Å². The van der Waals surface area contributed by atoms with E-state index in [4.69, 9.17) is 0 Å². The number of phenolic OH excluding ortho intramolecular Hbond substituents is 1. The van der Waals surface area contributed by atoms with Crippen molar-refractivity contribution >= 4 is 11.8 Å². The highest BCUT2D eigenvalue weighted by molar-refractivity contribution is 7.99. The Balaban J connectivity index is 2.29. The molecule has 1 aliphatic rings. The fourth-order valence-corrected chi connectivity index (χ4v) is 3.65. The second-order valence-corrected chi connectivity index (χ2v) is 6.27. The van der Waals surface area contributed by atoms with Crippen LogP contribution in [0.25, 0.3) is 0 Å². The van der Waals surface area contributed by atoms with Crippen LogP contribution >= 0.6 is 11.8 Å². The van der Waals surface area contributed by atoms with Crippen LogP contribution in [-0.4, -0.2) is 5.11 Å². The molecular weight excluding hydrogens is 315 g/mol. The van der Waals surface area contributed by atoms with Gasteiger partial charge in [-0.05, 0) is 37.3 Å². The van der Waals surface area contributed by atoms with Crippen LogP contribution in [-0.2, 0) is 11.7 Å². The number of hydrogen-bond donors (Lipinski definition) is 1. The third kappa shape index (κ3) is 2.16. The quantitative estimate of drug-likeness (QED) is 0.758. The van der Waals surface area contributed by atoms with Crippen molar-refractivity contribution in [2.24, 2.45) is 5.18 Å². The molecule has 3 rings (SSSR count). The molecule has 0 spiro atoms. The number of hydrogen-bond acceptors (Lipinski definition) is 4. The predicted octanol–water partition coefficient (Wildman–Crippen LogP) is 4.91. The lowest BCUT2D eigenvalue weighted by atomic mass is 9.84. The Labute approximate surface area is 128 Å². The van der Waals surface area contributed by atoms with Crippen molar-refractivity contribution in [1.29, 1.82) is 0 Å². The Morgan fingerprint density at radius 2 is 1.86 bits per heavy atom. The highest BCUT2D eigenvalue weighted by Gasteiger charge is 2.39. The van der Waals surface area contributed by atoms with Crippen molar-refractivity contribution in [2.75, 3.05) is 0 Å². The van der Waals surface area contributed by atoms with E-state index in [-0.39, 0.29) is 11.3 Å². The Morgan fingerprint density at radius 3 is 2.50 bits per heavy atom. The first-order valence-corrected chi connectivity index (χ1v) is 7.15. The molecule has 1 atom stereocenters. The summed E-state index contributed by atoms with van der Waals surface area (Å²) in [5.74, 6) is -0.112. The molecule has 1 unspecified atom stereocenters. The number of nitroso groups, excluding NO2 is 1. The van der Waals surface area contributed by atoms with E-state index >= 15 is 0 Å². The van der Waals surface area contributed by atoms with Gasteiger partial charge in [-0.2, -0.15) is 13.2 Å². The molecule has 1 N–H and O–H groups in total. The van der Waals surface area contributed by atoms with Crippen LogP contribution in [0.4, 0.5) is 13.2 Å². The lowest BCUT2D eigenvalue weighted by Gasteiger charge is -2.24. The Kier molecular flexibility index (Phi) is 3.21. The molecule has 0 amide bonds. The molecule has 2 aromatic rings. The first-order valence-electron chi connectivity index (χ1n) is 6.33. The topological polar surface area (TPSA) is 49.7 Å². The predicted molar refractivity (Wildman–Crippen MR) is 75.9 cm³/mol. The number of benzene rings is 2. The SMILES string of the molecule is CC1(N=O)c2cc(ccc2O)Sc2cc(C(F)(F)F)ccc21. The summed E-state index contributed by atoms with van der Waals surface area (Å²) in [5.41, 5.74) is -1.60. The minimum Gasteiger partial charge on any atom is -0.508 e. The lowest BCUT2D eigenvalue weighted by molar-refractivity contribution is -0.137. The van der Waals surface area contributed by atoms with E-state index in [1.54, 1.807) is 12.1 Å². The van der Waals surface area contributed by atoms with E-state index in [9.17, 15) is 23.2 Å². The third-order valence-corrected chi connectivity index (χ3v) is 4.78. The first-order chi connectivity index (χ1) is 10.3. The highest BCUT2D eigenvalue weighted by Crippen LogP contribution is 2.49. The van der Waals surface area contributed by atoms with Gasteiger partial charge >= 0.3 is 6.18 Å². The zero-order chi connectivity index (χ0) is 16.1. The zero-order valence-electron chi connectivity index (χ0n) is 11.3. The number of phenols is 1. The van der Waals surface area contributed by atoms with Crippen molar-refractivity contribution in [2.45, 2.75) is 28.4 Å². The van der Waals surface area contributed by atoms with Crippen LogP contribution in [0.5, 0.6) is 5.75 Å². The van der Waals surface area contributed by atoms with E-state index in [0.29, 0.717) is 15.4 Å². The highest BCUT2D eigenvalue weighted by atomic mass is 32.2. The van der Waals surface area contributed by atoms with E-state index < -0.39 is 17.3 Å². The van der Waals surface area contributed by atoms with Gasteiger partial charge in [-0.3, -0.25) is 0 Å². The summed E-state index contributed by atoms with van der Waals surface area (Å²) < 4.78 is 38.7. The molecule has 0 saturated heterocycles. The summed E-state index contributed by atoms with van der Waals surface area (Å²) in [7, 11) is 0. The lowest BCUT2D eigenvalue weighted by Crippen LogP contribution is -2.21. The minimum absolute atomic E-state index is 0.112. The van der Waals surface area contributed by atoms with Crippen LogP contribution in [0.15, 0.2) is 51.4 Å². The number of nitrogens with zero attached hydrogens (tertiary/aromatic N) is 1. The average Bonchev–Trinajstić information content (AvgIpc) is 2.56. The fourth-order valence-electron chi connectivity index (χ4n) is 2.52. The summed E-state index contributed by atoms with van der Waals surface area (Å²) in [4.78, 5) is 12.4. The number of halogens is 3. The Morgan fingerprint density at radius 1 is 1.14 bits per heavy atom. The molecule has 0 aliphatic carbocycles. The van der Waals surface area contributed by atoms with E-state index in [1.807, 2.05) is 0 Å². The summed E-state index contributed by atoms with van der Waals surface area (Å²) in [6, 6.07) is 7.77. The van der Waals surface area contributed by atoms with Crippen molar-refractivity contribution < 1.29 is 18.3 Å². The molecule has 2 aromatic carbocycles. The molecule has 0 fully saturated rings. The van der Waals surface area contributed by atoms with Crippen LogP contribution in [0.1, 0.15) is 23.6 Å². The monoisotopic (exact) mass is 325 g/mol. The van der Waals surface area contributed by atoms with Gasteiger partial charge in [-0.15, -0.1) is 4.91 Å². The molecule has 1 heterocycles. The van der Waals surface area contributed by atoms with Crippen molar-refractivity contribution in [3.8, 4) is 5.75 Å². The van der Waals surface area contributed by atoms with E-state index in [1.165, 1.54) is 19.1 Å². The second kappa shape index (κ2) is 4.74. The first kappa shape index (κ1) is 14.9. The van der Waals surface area contributed by atoms with Crippen LogP contribution in [0.2, 0.25) is 0 Å². The van der Waals surface area contributed by atoms with Crippen LogP contribution in [0.3, 0.4) is 0 Å². The summed E-state index contributed by atoms with van der Waals surface area (Å²) in [5, 5.41) is 13.1. The van der Waals surface area contributed by atoms with Crippen molar-refractivity contribution in [3.05, 3.63) is 58.0 Å². The Hall–Kier alpha value is -2.02. The minimum atomic E-state index is -4.46. The number of aromatic hydroxyl groups is 1. The number of alkyl halides is 3. The summed E-state index contributed by atoms with van der Waals surface area (Å²) in [6.07, 6.45) is -4.46. The maximum atomic E-state index is 12.9. The molecule has 22 heavy (non-hydrogen) atoms. The molecular formula is C15H10F3NO2S. The van der Waals surface area contributed by atoms with Gasteiger partial charge in [0.15, 0.2) is 5.54 Å². The average molecular weight is 325 g/mol. The molecule has 1 aliphatic heterocycles. The van der Waals surface area contributed by atoms with Crippen molar-refractivity contribution in [3.63, 3.8) is 0 Å². The molecule has 3 nitrogen and oxygen atoms in total. The summed E-state index contributed by atoms with van der Waals surface area (Å²) >= 11 is 1.11. The molecule has 2 bridgehead atoms. The zero-order valence-corrected chi connectivity index (χ0v) is 12.1. The smallest absolute Gasteiger partial charge is 0.416 e. The van der Waals surface area contributed by atoms with Crippen LogP contribution in [0, 0.1) is 4.91 Å². The van der Waals surface area contributed by atoms with Crippen LogP contribution < -0.4 is 0 Å². The molecule has 7 heteroatoms. The standard InChI is InChI=1S/C15H10F3NO2S/c1-14(19-21)10-4-2-8(15(16,17)18)6-13(10)22-9-3-5-12(20)11(14)7-9/h2-7,20H,1H3. The number of rotatable bonds is 1. The molecule has 114 valence electrons. The largest absolute Gasteiger partial charge is 0.508 e. The van der Waals surface area contributed by atoms with Gasteiger partial charge in [-0.25, -0.2) is 0 Å². The second-order valence-electron chi connectivity index (χ2n) is 5.15. The van der Waals surface area contributed by atoms with Gasteiger partial charge in [0.05, 0.1) is 5.56 Å². The molecule has 0 saturated carbocycles. The van der Waals surface area contributed by atoms with E-state index in [2.05, 4.69) is 5.18 Å². The maximum Gasteiger partial charge on any atom is 0.416 e. The van der Waals surface area contributed by atoms with Gasteiger partial charge in [0.2, 0.25) is 0 Å². The normalized spacial score (nSPS) is 20.2. The van der Waals surface area contributed by atoms with E-state index in [0.717, 1.165) is 23.9 Å².